The predicted molar refractivity (Wildman–Crippen MR) is 71.8 cm³/mol. The average molecular weight is 238 g/mol. The lowest BCUT2D eigenvalue weighted by molar-refractivity contribution is 0.0321. The largest absolute Gasteiger partial charge is 0.390 e. The Morgan fingerprint density at radius 3 is 2.65 bits per heavy atom. The van der Waals surface area contributed by atoms with Crippen molar-refractivity contribution in [2.45, 2.75) is 64.6 Å². The first-order valence-corrected chi connectivity index (χ1v) is 6.50. The van der Waals surface area contributed by atoms with E-state index in [4.69, 9.17) is 0 Å². The van der Waals surface area contributed by atoms with Crippen molar-refractivity contribution in [3.63, 3.8) is 0 Å². The Hall–Kier alpha value is -0.600. The van der Waals surface area contributed by atoms with E-state index in [1.165, 1.54) is 5.57 Å². The molecule has 0 bridgehead atoms. The van der Waals surface area contributed by atoms with Crippen molar-refractivity contribution < 1.29 is 10.2 Å². The van der Waals surface area contributed by atoms with E-state index in [0.29, 0.717) is 0 Å². The molecular formula is C15H26O2. The molecule has 1 rings (SSSR count). The van der Waals surface area contributed by atoms with Gasteiger partial charge in [0.2, 0.25) is 0 Å². The second kappa shape index (κ2) is 5.36. The molecule has 2 N–H and O–H groups in total. The van der Waals surface area contributed by atoms with E-state index in [1.54, 1.807) is 0 Å². The maximum atomic E-state index is 10.2. The third kappa shape index (κ3) is 5.05. The van der Waals surface area contributed by atoms with Gasteiger partial charge in [0.25, 0.3) is 0 Å². The highest BCUT2D eigenvalue weighted by atomic mass is 16.3. The van der Waals surface area contributed by atoms with Gasteiger partial charge in [-0.15, -0.1) is 0 Å². The van der Waals surface area contributed by atoms with Crippen LogP contribution in [0.3, 0.4) is 0 Å². The number of hydrogen-bond acceptors (Lipinski definition) is 2. The molecule has 0 aromatic rings. The second-order valence-corrected chi connectivity index (χ2v) is 6.10. The third-order valence-electron chi connectivity index (χ3n) is 3.59. The van der Waals surface area contributed by atoms with Gasteiger partial charge < -0.3 is 10.2 Å². The molecule has 1 aliphatic rings. The van der Waals surface area contributed by atoms with Gasteiger partial charge in [-0.25, -0.2) is 0 Å². The normalized spacial score (nSPS) is 32.1. The summed E-state index contributed by atoms with van der Waals surface area (Å²) >= 11 is 0. The fourth-order valence-electron chi connectivity index (χ4n) is 2.19. The molecule has 0 amide bonds. The van der Waals surface area contributed by atoms with Crippen LogP contribution in [0.25, 0.3) is 0 Å². The van der Waals surface area contributed by atoms with Gasteiger partial charge in [0.15, 0.2) is 0 Å². The highest BCUT2D eigenvalue weighted by molar-refractivity contribution is 5.09. The molecule has 2 nitrogen and oxygen atoms in total. The summed E-state index contributed by atoms with van der Waals surface area (Å²) in [6, 6.07) is 0. The first kappa shape index (κ1) is 14.5. The second-order valence-electron chi connectivity index (χ2n) is 6.10. The summed E-state index contributed by atoms with van der Waals surface area (Å²) in [5.74, 6) is 0.0930. The molecule has 17 heavy (non-hydrogen) atoms. The van der Waals surface area contributed by atoms with Crippen LogP contribution in [0.5, 0.6) is 0 Å². The van der Waals surface area contributed by atoms with Gasteiger partial charge in [-0.1, -0.05) is 23.8 Å². The number of aliphatic hydroxyl groups is 2. The molecule has 0 aromatic heterocycles. The van der Waals surface area contributed by atoms with Gasteiger partial charge in [0.1, 0.15) is 0 Å². The first-order valence-electron chi connectivity index (χ1n) is 6.50. The highest BCUT2D eigenvalue weighted by Crippen LogP contribution is 2.28. The molecule has 0 heterocycles. The zero-order valence-electron chi connectivity index (χ0n) is 11.5. The third-order valence-corrected chi connectivity index (χ3v) is 3.59. The number of allylic oxidation sites excluding steroid dienone is 2. The highest BCUT2D eigenvalue weighted by Gasteiger charge is 2.26. The average Bonchev–Trinajstić information content (AvgIpc) is 2.14. The summed E-state index contributed by atoms with van der Waals surface area (Å²) in [4.78, 5) is 0. The zero-order chi connectivity index (χ0) is 13.1. The summed E-state index contributed by atoms with van der Waals surface area (Å²) in [6.45, 7) is 7.63. The smallest absolute Gasteiger partial charge is 0.0802 e. The van der Waals surface area contributed by atoms with Crippen LogP contribution in [0.1, 0.15) is 53.4 Å². The zero-order valence-corrected chi connectivity index (χ0v) is 11.5. The monoisotopic (exact) mass is 238 g/mol. The SMILES string of the molecule is CC1=CCCC(C)(O)C=CC(C(C)(C)O)CC1. The Kier molecular flexibility index (Phi) is 4.56. The summed E-state index contributed by atoms with van der Waals surface area (Å²) < 4.78 is 0. The van der Waals surface area contributed by atoms with Gasteiger partial charge in [-0.05, 0) is 53.4 Å². The van der Waals surface area contributed by atoms with Crippen molar-refractivity contribution >= 4 is 0 Å². The van der Waals surface area contributed by atoms with Crippen molar-refractivity contribution in [3.8, 4) is 0 Å². The quantitative estimate of drug-likeness (QED) is 0.689. The van der Waals surface area contributed by atoms with E-state index in [9.17, 15) is 10.2 Å². The molecule has 98 valence electrons. The molecule has 0 radical (unpaired) electrons. The van der Waals surface area contributed by atoms with Crippen LogP contribution in [0.15, 0.2) is 23.8 Å². The van der Waals surface area contributed by atoms with E-state index in [0.717, 1.165) is 25.7 Å². The fourth-order valence-corrected chi connectivity index (χ4v) is 2.19. The van der Waals surface area contributed by atoms with Crippen LogP contribution in [0.4, 0.5) is 0 Å². The van der Waals surface area contributed by atoms with Gasteiger partial charge in [-0.3, -0.25) is 0 Å². The van der Waals surface area contributed by atoms with E-state index >= 15 is 0 Å². The molecule has 2 unspecified atom stereocenters. The minimum absolute atomic E-state index is 0.0930. The van der Waals surface area contributed by atoms with Gasteiger partial charge >= 0.3 is 0 Å². The predicted octanol–water partition coefficient (Wildman–Crippen LogP) is 3.20. The van der Waals surface area contributed by atoms with Crippen molar-refractivity contribution in [2.24, 2.45) is 5.92 Å². The van der Waals surface area contributed by atoms with E-state index in [1.807, 2.05) is 32.9 Å². The van der Waals surface area contributed by atoms with Crippen LogP contribution >= 0.6 is 0 Å². The molecule has 0 aromatic carbocycles. The summed E-state index contributed by atoms with van der Waals surface area (Å²) in [5.41, 5.74) is -0.144. The lowest BCUT2D eigenvalue weighted by Gasteiger charge is -2.29. The fraction of sp³-hybridized carbons (Fsp3) is 0.733. The Balaban J connectivity index is 2.88. The Bertz CT molecular complexity index is 305. The van der Waals surface area contributed by atoms with Crippen LogP contribution in [0.2, 0.25) is 0 Å². The van der Waals surface area contributed by atoms with Gasteiger partial charge in [0.05, 0.1) is 11.2 Å². The molecule has 1 aliphatic carbocycles. The van der Waals surface area contributed by atoms with Crippen molar-refractivity contribution in [2.75, 3.05) is 0 Å². The standard InChI is InChI=1S/C15H26O2/c1-12-6-5-10-15(4,17)11-9-13(8-7-12)14(2,3)16/h6,9,11,13,16-17H,5,7-8,10H2,1-4H3. The maximum absolute atomic E-state index is 10.2. The summed E-state index contributed by atoms with van der Waals surface area (Å²) in [5, 5.41) is 20.3. The molecule has 0 saturated heterocycles. The maximum Gasteiger partial charge on any atom is 0.0802 e. The van der Waals surface area contributed by atoms with Crippen molar-refractivity contribution in [3.05, 3.63) is 23.8 Å². The van der Waals surface area contributed by atoms with Crippen molar-refractivity contribution in [1.29, 1.82) is 0 Å². The van der Waals surface area contributed by atoms with Gasteiger partial charge in [0, 0.05) is 5.92 Å². The molecule has 0 aliphatic heterocycles. The first-order chi connectivity index (χ1) is 7.71. The molecular weight excluding hydrogens is 212 g/mol. The summed E-state index contributed by atoms with van der Waals surface area (Å²) in [6.07, 6.45) is 9.63. The van der Waals surface area contributed by atoms with Crippen molar-refractivity contribution in [1.82, 2.24) is 0 Å². The van der Waals surface area contributed by atoms with Crippen LogP contribution in [-0.2, 0) is 0 Å². The molecule has 0 saturated carbocycles. The van der Waals surface area contributed by atoms with Crippen LogP contribution in [-0.4, -0.2) is 21.4 Å². The Morgan fingerprint density at radius 2 is 2.06 bits per heavy atom. The molecule has 0 spiro atoms. The Morgan fingerprint density at radius 1 is 1.41 bits per heavy atom. The minimum Gasteiger partial charge on any atom is -0.390 e. The van der Waals surface area contributed by atoms with E-state index in [2.05, 4.69) is 13.0 Å². The molecule has 0 fully saturated rings. The van der Waals surface area contributed by atoms with Crippen LogP contribution < -0.4 is 0 Å². The lowest BCUT2D eigenvalue weighted by Crippen LogP contribution is -2.31. The summed E-state index contributed by atoms with van der Waals surface area (Å²) in [7, 11) is 0. The molecule has 2 heteroatoms. The van der Waals surface area contributed by atoms with Crippen LogP contribution in [0, 0.1) is 5.92 Å². The topological polar surface area (TPSA) is 40.5 Å². The number of rotatable bonds is 1. The van der Waals surface area contributed by atoms with E-state index < -0.39 is 11.2 Å². The van der Waals surface area contributed by atoms with Gasteiger partial charge in [-0.2, -0.15) is 0 Å². The number of hydrogen-bond donors (Lipinski definition) is 2. The van der Waals surface area contributed by atoms with E-state index in [-0.39, 0.29) is 5.92 Å². The Labute approximate surface area is 105 Å². The molecule has 2 atom stereocenters. The lowest BCUT2D eigenvalue weighted by atomic mass is 9.83. The minimum atomic E-state index is -0.766.